The monoisotopic (exact) mass is 400 g/mol. The van der Waals surface area contributed by atoms with Crippen LogP contribution in [0.1, 0.15) is 16.2 Å². The summed E-state index contributed by atoms with van der Waals surface area (Å²) in [5.74, 6) is 0.137. The Kier molecular flexibility index (Phi) is 6.20. The van der Waals surface area contributed by atoms with E-state index in [-0.39, 0.29) is 11.5 Å². The van der Waals surface area contributed by atoms with Crippen LogP contribution in [0.25, 0.3) is 10.9 Å². The number of benzene rings is 1. The van der Waals surface area contributed by atoms with Crippen LogP contribution < -0.4 is 10.1 Å². The first-order chi connectivity index (χ1) is 13.5. The number of carbonyl (C=O) groups excluding carboxylic acids is 2. The maximum atomic E-state index is 12.2. The van der Waals surface area contributed by atoms with Crippen LogP contribution in [-0.4, -0.2) is 42.9 Å². The van der Waals surface area contributed by atoms with Gasteiger partial charge in [0.15, 0.2) is 5.76 Å². The molecule has 1 aromatic carbocycles. The summed E-state index contributed by atoms with van der Waals surface area (Å²) >= 11 is 1.43. The highest BCUT2D eigenvalue weighted by molar-refractivity contribution is 7.99. The number of methoxy groups -OCH3 is 2. The lowest BCUT2D eigenvalue weighted by Crippen LogP contribution is -2.43. The van der Waals surface area contributed by atoms with E-state index in [9.17, 15) is 9.59 Å². The van der Waals surface area contributed by atoms with Gasteiger partial charge in [0.2, 0.25) is 0 Å². The van der Waals surface area contributed by atoms with Crippen molar-refractivity contribution in [2.24, 2.45) is 0 Å². The number of esters is 1. The third-order valence-electron chi connectivity index (χ3n) is 4.05. The lowest BCUT2D eigenvalue weighted by atomic mass is 10.2. The fourth-order valence-corrected chi connectivity index (χ4v) is 3.81. The van der Waals surface area contributed by atoms with Crippen molar-refractivity contribution < 1.29 is 23.5 Å². The van der Waals surface area contributed by atoms with E-state index in [0.29, 0.717) is 0 Å². The zero-order valence-electron chi connectivity index (χ0n) is 15.7. The highest BCUT2D eigenvalue weighted by Gasteiger charge is 2.24. The Hall–Kier alpha value is -3.00. The number of aromatic nitrogens is 1. The van der Waals surface area contributed by atoms with Crippen molar-refractivity contribution >= 4 is 34.5 Å². The van der Waals surface area contributed by atoms with Crippen molar-refractivity contribution in [3.05, 3.63) is 54.1 Å². The van der Waals surface area contributed by atoms with Crippen LogP contribution in [0.15, 0.2) is 52.0 Å². The first kappa shape index (κ1) is 19.8. The molecule has 28 heavy (non-hydrogen) atoms. The molecule has 0 aliphatic carbocycles. The number of nitrogens with one attached hydrogen (secondary N) is 1. The highest BCUT2D eigenvalue weighted by atomic mass is 32.2. The summed E-state index contributed by atoms with van der Waals surface area (Å²) in [4.78, 5) is 29.9. The summed E-state index contributed by atoms with van der Waals surface area (Å²) in [5.41, 5.74) is 1.69. The first-order valence-electron chi connectivity index (χ1n) is 8.52. The average molecular weight is 400 g/mol. The second-order valence-electron chi connectivity index (χ2n) is 5.98. The van der Waals surface area contributed by atoms with Gasteiger partial charge in [-0.25, -0.2) is 4.79 Å². The second kappa shape index (κ2) is 8.79. The summed E-state index contributed by atoms with van der Waals surface area (Å²) in [5, 5.41) is 3.57. The molecule has 8 heteroatoms. The summed E-state index contributed by atoms with van der Waals surface area (Å²) in [7, 11) is 2.89. The van der Waals surface area contributed by atoms with Gasteiger partial charge in [-0.3, -0.25) is 9.78 Å². The molecule has 1 N–H and O–H groups in total. The van der Waals surface area contributed by atoms with Crippen LogP contribution in [0, 0.1) is 6.92 Å². The summed E-state index contributed by atoms with van der Waals surface area (Å²) in [6, 6.07) is 9.89. The van der Waals surface area contributed by atoms with Crippen LogP contribution in [0.3, 0.4) is 0 Å². The Balaban J connectivity index is 1.82. The van der Waals surface area contributed by atoms with Crippen LogP contribution in [0.4, 0.5) is 0 Å². The molecule has 0 unspecified atom stereocenters. The maximum absolute atomic E-state index is 12.2. The van der Waals surface area contributed by atoms with Crippen molar-refractivity contribution in [1.82, 2.24) is 10.3 Å². The lowest BCUT2D eigenvalue weighted by Gasteiger charge is -2.16. The van der Waals surface area contributed by atoms with Gasteiger partial charge in [-0.1, -0.05) is 0 Å². The van der Waals surface area contributed by atoms with E-state index in [2.05, 4.69) is 10.3 Å². The number of furan rings is 1. The van der Waals surface area contributed by atoms with Gasteiger partial charge in [0.1, 0.15) is 11.8 Å². The Labute approximate surface area is 166 Å². The third-order valence-corrected chi connectivity index (χ3v) is 5.20. The molecule has 146 valence electrons. The van der Waals surface area contributed by atoms with Crippen molar-refractivity contribution in [1.29, 1.82) is 0 Å². The lowest BCUT2D eigenvalue weighted by molar-refractivity contribution is -0.142. The molecule has 0 fully saturated rings. The average Bonchev–Trinajstić information content (AvgIpc) is 3.24. The van der Waals surface area contributed by atoms with E-state index in [1.807, 2.05) is 31.2 Å². The number of rotatable bonds is 7. The molecule has 0 aliphatic rings. The molecule has 1 atom stereocenters. The van der Waals surface area contributed by atoms with E-state index in [0.717, 1.165) is 27.2 Å². The van der Waals surface area contributed by atoms with Crippen molar-refractivity contribution in [2.75, 3.05) is 20.0 Å². The van der Waals surface area contributed by atoms with Gasteiger partial charge in [-0.05, 0) is 43.3 Å². The number of nitrogens with zero attached hydrogens (tertiary/aromatic N) is 1. The quantitative estimate of drug-likeness (QED) is 0.481. The molecule has 0 saturated heterocycles. The fourth-order valence-electron chi connectivity index (χ4n) is 2.67. The number of thioether (sulfide) groups is 1. The zero-order chi connectivity index (χ0) is 20.1. The molecule has 0 radical (unpaired) electrons. The van der Waals surface area contributed by atoms with Gasteiger partial charge >= 0.3 is 5.97 Å². The first-order valence-corrected chi connectivity index (χ1v) is 9.50. The molecule has 0 spiro atoms. The number of hydrogen-bond acceptors (Lipinski definition) is 7. The van der Waals surface area contributed by atoms with Crippen molar-refractivity contribution in [2.45, 2.75) is 17.9 Å². The summed E-state index contributed by atoms with van der Waals surface area (Å²) in [6.45, 7) is 1.91. The minimum atomic E-state index is -0.832. The fraction of sp³-hybridized carbons (Fsp3) is 0.250. The van der Waals surface area contributed by atoms with Gasteiger partial charge in [0.25, 0.3) is 5.91 Å². The molecule has 3 aromatic rings. The number of fused-ring (bicyclic) bond motifs is 1. The topological polar surface area (TPSA) is 90.7 Å². The largest absolute Gasteiger partial charge is 0.497 e. The number of ether oxygens (including phenoxy) is 2. The molecule has 1 amide bonds. The van der Waals surface area contributed by atoms with Crippen molar-refractivity contribution in [3.8, 4) is 5.75 Å². The van der Waals surface area contributed by atoms with E-state index >= 15 is 0 Å². The normalized spacial score (nSPS) is 11.8. The Morgan fingerprint density at radius 1 is 1.25 bits per heavy atom. The Morgan fingerprint density at radius 2 is 2.07 bits per heavy atom. The predicted octanol–water partition coefficient (Wildman–Crippen LogP) is 3.21. The smallest absolute Gasteiger partial charge is 0.329 e. The summed E-state index contributed by atoms with van der Waals surface area (Å²) in [6.07, 6.45) is 1.40. The number of carbonyl (C=O) groups is 2. The van der Waals surface area contributed by atoms with Crippen LogP contribution in [-0.2, 0) is 9.53 Å². The number of amides is 1. The minimum absolute atomic E-state index is 0.133. The van der Waals surface area contributed by atoms with E-state index in [4.69, 9.17) is 13.9 Å². The zero-order valence-corrected chi connectivity index (χ0v) is 16.5. The van der Waals surface area contributed by atoms with E-state index < -0.39 is 17.9 Å². The van der Waals surface area contributed by atoms with Gasteiger partial charge < -0.3 is 19.2 Å². The standard InChI is InChI=1S/C20H20N2O5S/c1-12-9-18(14-10-13(25-2)6-7-15(14)21-12)28-11-16(20(24)26-3)22-19(23)17-5-4-8-27-17/h4-10,16H,11H2,1-3H3,(H,22,23)/t16-/m0/s1. The van der Waals surface area contributed by atoms with Crippen LogP contribution in [0.5, 0.6) is 5.75 Å². The number of hydrogen-bond donors (Lipinski definition) is 1. The SMILES string of the molecule is COC(=O)[C@H](CSc1cc(C)nc2ccc(OC)cc12)NC(=O)c1ccco1. The van der Waals surface area contributed by atoms with Gasteiger partial charge in [-0.2, -0.15) is 0 Å². The maximum Gasteiger partial charge on any atom is 0.329 e. The number of aryl methyl sites for hydroxylation is 1. The molecule has 0 saturated carbocycles. The molecule has 0 aliphatic heterocycles. The van der Waals surface area contributed by atoms with Crippen LogP contribution in [0.2, 0.25) is 0 Å². The molecule has 2 aromatic heterocycles. The Morgan fingerprint density at radius 3 is 2.75 bits per heavy atom. The third kappa shape index (κ3) is 4.45. The molecular formula is C20H20N2O5S. The predicted molar refractivity (Wildman–Crippen MR) is 106 cm³/mol. The second-order valence-corrected chi connectivity index (χ2v) is 7.04. The summed E-state index contributed by atoms with van der Waals surface area (Å²) < 4.78 is 15.2. The Bertz CT molecular complexity index is 988. The molecular weight excluding hydrogens is 380 g/mol. The molecule has 2 heterocycles. The molecule has 0 bridgehead atoms. The van der Waals surface area contributed by atoms with Crippen LogP contribution >= 0.6 is 11.8 Å². The van der Waals surface area contributed by atoms with Gasteiger partial charge in [-0.15, -0.1) is 11.8 Å². The van der Waals surface area contributed by atoms with Gasteiger partial charge in [0, 0.05) is 21.7 Å². The molecule has 3 rings (SSSR count). The van der Waals surface area contributed by atoms with Gasteiger partial charge in [0.05, 0.1) is 26.0 Å². The minimum Gasteiger partial charge on any atom is -0.497 e. The number of pyridine rings is 1. The highest BCUT2D eigenvalue weighted by Crippen LogP contribution is 2.31. The van der Waals surface area contributed by atoms with E-state index in [1.54, 1.807) is 13.2 Å². The molecule has 7 nitrogen and oxygen atoms in total. The van der Waals surface area contributed by atoms with E-state index in [1.165, 1.54) is 31.2 Å². The van der Waals surface area contributed by atoms with Crippen molar-refractivity contribution in [3.63, 3.8) is 0 Å².